The lowest BCUT2D eigenvalue weighted by Gasteiger charge is -2.31. The van der Waals surface area contributed by atoms with Crippen LogP contribution in [0.5, 0.6) is 0 Å². The zero-order chi connectivity index (χ0) is 16.1. The standard InChI is InChI=1S/C16H20N4O2S/c1-12-18-19-15(23-12)17-16(21)20-9-7-14(8-10-20)22-11-13-5-3-2-4-6-13/h2-6,14H,7-11H2,1H3,(H,17,19,21). The number of nitrogens with zero attached hydrogens (tertiary/aromatic N) is 3. The van der Waals surface area contributed by atoms with E-state index >= 15 is 0 Å². The van der Waals surface area contributed by atoms with Crippen LogP contribution in [-0.2, 0) is 11.3 Å². The van der Waals surface area contributed by atoms with Crippen molar-refractivity contribution in [1.82, 2.24) is 15.1 Å². The number of nitrogens with one attached hydrogen (secondary N) is 1. The van der Waals surface area contributed by atoms with Gasteiger partial charge in [0.25, 0.3) is 0 Å². The van der Waals surface area contributed by atoms with E-state index in [1.165, 1.54) is 16.9 Å². The third-order valence-corrected chi connectivity index (χ3v) is 4.55. The lowest BCUT2D eigenvalue weighted by atomic mass is 10.1. The number of ether oxygens (including phenoxy) is 1. The van der Waals surface area contributed by atoms with Gasteiger partial charge in [-0.05, 0) is 25.3 Å². The summed E-state index contributed by atoms with van der Waals surface area (Å²) in [7, 11) is 0. The topological polar surface area (TPSA) is 67.4 Å². The third kappa shape index (κ3) is 4.49. The van der Waals surface area contributed by atoms with Gasteiger partial charge in [-0.15, -0.1) is 10.2 Å². The van der Waals surface area contributed by atoms with Crippen LogP contribution in [0.25, 0.3) is 0 Å². The first kappa shape index (κ1) is 15.9. The van der Waals surface area contributed by atoms with Crippen LogP contribution in [0, 0.1) is 6.92 Å². The first-order chi connectivity index (χ1) is 11.2. The molecular formula is C16H20N4O2S. The summed E-state index contributed by atoms with van der Waals surface area (Å²) in [5.74, 6) is 0. The normalized spacial score (nSPS) is 15.6. The Labute approximate surface area is 139 Å². The molecule has 1 aromatic carbocycles. The minimum absolute atomic E-state index is 0.109. The molecule has 0 aliphatic carbocycles. The Bertz CT molecular complexity index is 639. The molecule has 2 heterocycles. The highest BCUT2D eigenvalue weighted by Crippen LogP contribution is 2.18. The fourth-order valence-corrected chi connectivity index (χ4v) is 3.11. The molecule has 1 aliphatic heterocycles. The highest BCUT2D eigenvalue weighted by atomic mass is 32.1. The van der Waals surface area contributed by atoms with Crippen LogP contribution in [0.3, 0.4) is 0 Å². The van der Waals surface area contributed by atoms with Crippen molar-refractivity contribution in [3.63, 3.8) is 0 Å². The number of carbonyl (C=O) groups excluding carboxylic acids is 1. The highest BCUT2D eigenvalue weighted by molar-refractivity contribution is 7.15. The Morgan fingerprint density at radius 1 is 1.30 bits per heavy atom. The summed E-state index contributed by atoms with van der Waals surface area (Å²) in [6.07, 6.45) is 1.92. The fraction of sp³-hybridized carbons (Fsp3) is 0.438. The van der Waals surface area contributed by atoms with E-state index in [4.69, 9.17) is 4.74 Å². The van der Waals surface area contributed by atoms with Crippen molar-refractivity contribution in [2.24, 2.45) is 0 Å². The van der Waals surface area contributed by atoms with Gasteiger partial charge in [-0.2, -0.15) is 0 Å². The molecular weight excluding hydrogens is 312 g/mol. The molecule has 0 radical (unpaired) electrons. The number of hydrogen-bond acceptors (Lipinski definition) is 5. The van der Waals surface area contributed by atoms with Crippen LogP contribution in [0.2, 0.25) is 0 Å². The molecule has 0 saturated carbocycles. The van der Waals surface area contributed by atoms with E-state index in [-0.39, 0.29) is 12.1 Å². The Morgan fingerprint density at radius 2 is 2.04 bits per heavy atom. The number of benzene rings is 1. The Kier molecular flexibility index (Phi) is 5.19. The monoisotopic (exact) mass is 332 g/mol. The van der Waals surface area contributed by atoms with Crippen molar-refractivity contribution in [2.45, 2.75) is 32.5 Å². The van der Waals surface area contributed by atoms with Crippen LogP contribution in [0.15, 0.2) is 30.3 Å². The van der Waals surface area contributed by atoms with Gasteiger partial charge in [0, 0.05) is 13.1 Å². The molecule has 6 nitrogen and oxygen atoms in total. The summed E-state index contributed by atoms with van der Waals surface area (Å²) in [5, 5.41) is 12.0. The third-order valence-electron chi connectivity index (χ3n) is 3.80. The first-order valence-electron chi connectivity index (χ1n) is 7.72. The summed E-state index contributed by atoms with van der Waals surface area (Å²) in [5.41, 5.74) is 1.18. The largest absolute Gasteiger partial charge is 0.373 e. The van der Waals surface area contributed by atoms with Gasteiger partial charge in [0.15, 0.2) is 0 Å². The fourth-order valence-electron chi connectivity index (χ4n) is 2.53. The number of hydrogen-bond donors (Lipinski definition) is 1. The number of rotatable bonds is 4. The second-order valence-electron chi connectivity index (χ2n) is 5.54. The van der Waals surface area contributed by atoms with Crippen LogP contribution in [-0.4, -0.2) is 40.3 Å². The van der Waals surface area contributed by atoms with Crippen LogP contribution < -0.4 is 5.32 Å². The van der Waals surface area contributed by atoms with Gasteiger partial charge < -0.3 is 9.64 Å². The van der Waals surface area contributed by atoms with Crippen LogP contribution in [0.4, 0.5) is 9.93 Å². The average Bonchev–Trinajstić information content (AvgIpc) is 2.99. The summed E-state index contributed by atoms with van der Waals surface area (Å²) in [6.45, 7) is 3.89. The van der Waals surface area contributed by atoms with Gasteiger partial charge in [0.2, 0.25) is 5.13 Å². The molecule has 122 valence electrons. The van der Waals surface area contributed by atoms with Gasteiger partial charge >= 0.3 is 6.03 Å². The zero-order valence-electron chi connectivity index (χ0n) is 13.1. The van der Waals surface area contributed by atoms with E-state index in [9.17, 15) is 4.79 Å². The molecule has 2 aromatic rings. The first-order valence-corrected chi connectivity index (χ1v) is 8.54. The Morgan fingerprint density at radius 3 is 2.70 bits per heavy atom. The number of aromatic nitrogens is 2. The lowest BCUT2D eigenvalue weighted by Crippen LogP contribution is -2.43. The van der Waals surface area contributed by atoms with Crippen LogP contribution in [0.1, 0.15) is 23.4 Å². The number of piperidine rings is 1. The molecule has 23 heavy (non-hydrogen) atoms. The van der Waals surface area contributed by atoms with Crippen molar-refractivity contribution in [3.8, 4) is 0 Å². The molecule has 1 fully saturated rings. The van der Waals surface area contributed by atoms with Crippen LogP contribution >= 0.6 is 11.3 Å². The molecule has 0 bridgehead atoms. The quantitative estimate of drug-likeness (QED) is 0.934. The molecule has 7 heteroatoms. The maximum Gasteiger partial charge on any atom is 0.323 e. The van der Waals surface area contributed by atoms with E-state index < -0.39 is 0 Å². The lowest BCUT2D eigenvalue weighted by molar-refractivity contribution is 0.00540. The molecule has 0 atom stereocenters. The summed E-state index contributed by atoms with van der Waals surface area (Å²) in [6, 6.07) is 10.0. The maximum atomic E-state index is 12.2. The minimum atomic E-state index is -0.109. The predicted octanol–water partition coefficient (Wildman–Crippen LogP) is 3.06. The van der Waals surface area contributed by atoms with Gasteiger partial charge in [-0.3, -0.25) is 5.32 Å². The number of carbonyl (C=O) groups is 1. The van der Waals surface area contributed by atoms with E-state index in [1.54, 1.807) is 4.90 Å². The number of aryl methyl sites for hydroxylation is 1. The molecule has 1 saturated heterocycles. The molecule has 1 aromatic heterocycles. The Hall–Kier alpha value is -1.99. The van der Waals surface area contributed by atoms with Crippen molar-refractivity contribution in [2.75, 3.05) is 18.4 Å². The number of urea groups is 1. The SMILES string of the molecule is Cc1nnc(NC(=O)N2CCC(OCc3ccccc3)CC2)s1. The summed E-state index contributed by atoms with van der Waals surface area (Å²) in [4.78, 5) is 14.0. The van der Waals surface area contributed by atoms with Crippen molar-refractivity contribution < 1.29 is 9.53 Å². The number of likely N-dealkylation sites (tertiary alicyclic amines) is 1. The van der Waals surface area contributed by atoms with Crippen molar-refractivity contribution >= 4 is 22.5 Å². The second-order valence-corrected chi connectivity index (χ2v) is 6.72. The second kappa shape index (κ2) is 7.52. The molecule has 3 rings (SSSR count). The summed E-state index contributed by atoms with van der Waals surface area (Å²) >= 11 is 1.38. The van der Waals surface area contributed by atoms with Gasteiger partial charge in [-0.25, -0.2) is 4.79 Å². The molecule has 1 N–H and O–H groups in total. The van der Waals surface area contributed by atoms with Crippen molar-refractivity contribution in [3.05, 3.63) is 40.9 Å². The van der Waals surface area contributed by atoms with Crippen molar-refractivity contribution in [1.29, 1.82) is 0 Å². The number of anilines is 1. The minimum Gasteiger partial charge on any atom is -0.373 e. The van der Waals surface area contributed by atoms with E-state index in [0.717, 1.165) is 17.8 Å². The highest BCUT2D eigenvalue weighted by Gasteiger charge is 2.23. The van der Waals surface area contributed by atoms with Gasteiger partial charge in [-0.1, -0.05) is 41.7 Å². The smallest absolute Gasteiger partial charge is 0.323 e. The van der Waals surface area contributed by atoms with Gasteiger partial charge in [0.1, 0.15) is 5.01 Å². The molecule has 1 aliphatic rings. The van der Waals surface area contributed by atoms with E-state index in [1.807, 2.05) is 25.1 Å². The van der Waals surface area contributed by atoms with Gasteiger partial charge in [0.05, 0.1) is 12.7 Å². The zero-order valence-corrected chi connectivity index (χ0v) is 13.9. The average molecular weight is 332 g/mol. The molecule has 2 amide bonds. The molecule has 0 spiro atoms. The Balaban J connectivity index is 1.42. The maximum absolute atomic E-state index is 12.2. The number of amides is 2. The predicted molar refractivity (Wildman–Crippen MR) is 89.5 cm³/mol. The van der Waals surface area contributed by atoms with E-state index in [0.29, 0.717) is 24.8 Å². The molecule has 0 unspecified atom stereocenters. The summed E-state index contributed by atoms with van der Waals surface area (Å²) < 4.78 is 5.94. The van der Waals surface area contributed by atoms with E-state index in [2.05, 4.69) is 27.6 Å².